The van der Waals surface area contributed by atoms with E-state index in [-0.39, 0.29) is 0 Å². The number of nitrogens with one attached hydrogen (secondary N) is 1. The predicted molar refractivity (Wildman–Crippen MR) is 82.0 cm³/mol. The van der Waals surface area contributed by atoms with Crippen molar-refractivity contribution in [2.45, 2.75) is 25.8 Å². The van der Waals surface area contributed by atoms with Gasteiger partial charge in [-0.15, -0.1) is 0 Å². The van der Waals surface area contributed by atoms with Crippen LogP contribution in [0.3, 0.4) is 0 Å². The Balaban J connectivity index is 1.50. The molecular weight excluding hydrogens is 269 g/mol. The van der Waals surface area contributed by atoms with Gasteiger partial charge in [0.05, 0.1) is 0 Å². The minimum absolute atomic E-state index is 0.508. The number of nitrogens with zero attached hydrogens (tertiary/aromatic N) is 2. The van der Waals surface area contributed by atoms with Gasteiger partial charge in [0.25, 0.3) is 0 Å². The molecule has 2 heterocycles. The van der Waals surface area contributed by atoms with Crippen molar-refractivity contribution in [2.75, 3.05) is 44.9 Å². The second kappa shape index (κ2) is 6.73. The predicted octanol–water partition coefficient (Wildman–Crippen LogP) is 2.20. The molecule has 1 aromatic rings. The van der Waals surface area contributed by atoms with Gasteiger partial charge in [-0.05, 0) is 31.4 Å². The fraction of sp³-hybridized carbons (Fsp3) is 0.625. The van der Waals surface area contributed by atoms with Crippen LogP contribution < -0.4 is 5.32 Å². The van der Waals surface area contributed by atoms with Crippen LogP contribution in [0.15, 0.2) is 18.2 Å². The highest BCUT2D eigenvalue weighted by molar-refractivity contribution is 5.55. The fourth-order valence-corrected chi connectivity index (χ4v) is 3.25. The molecule has 1 atom stereocenters. The average molecular weight is 293 g/mol. The third-order valence-electron chi connectivity index (χ3n) is 4.42. The van der Waals surface area contributed by atoms with Gasteiger partial charge < -0.3 is 5.32 Å². The summed E-state index contributed by atoms with van der Waals surface area (Å²) in [6.45, 7) is 5.93. The van der Waals surface area contributed by atoms with E-state index >= 15 is 0 Å². The molecule has 0 aromatic heterocycles. The van der Waals surface area contributed by atoms with Crippen molar-refractivity contribution in [2.24, 2.45) is 0 Å². The highest BCUT2D eigenvalue weighted by Crippen LogP contribution is 2.26. The molecule has 0 amide bonds. The van der Waals surface area contributed by atoms with Gasteiger partial charge in [-0.1, -0.05) is 17.7 Å². The van der Waals surface area contributed by atoms with Gasteiger partial charge in [0.15, 0.2) is 0 Å². The van der Waals surface area contributed by atoms with Crippen LogP contribution in [-0.4, -0.2) is 55.6 Å². The Labute approximate surface area is 125 Å². The standard InChI is InChI=1S/C16H24FN3O/c1-13-2-5-16-14(10-13)3-4-15(18-16)11-19-6-8-20(9-7-19)21-12-17/h2,5,10,15,18H,3-4,6-9,11-12H2,1H3. The lowest BCUT2D eigenvalue weighted by Gasteiger charge is -2.37. The largest absolute Gasteiger partial charge is 0.381 e. The molecule has 1 fully saturated rings. The number of fused-ring (bicyclic) bond motifs is 1. The zero-order chi connectivity index (χ0) is 14.7. The maximum atomic E-state index is 12.1. The lowest BCUT2D eigenvalue weighted by Crippen LogP contribution is -2.49. The van der Waals surface area contributed by atoms with Crippen molar-refractivity contribution in [1.29, 1.82) is 0 Å². The van der Waals surface area contributed by atoms with Crippen LogP contribution >= 0.6 is 0 Å². The molecule has 1 saturated heterocycles. The summed E-state index contributed by atoms with van der Waals surface area (Å²) in [6.07, 6.45) is 2.33. The number of halogens is 1. The van der Waals surface area contributed by atoms with Gasteiger partial charge in [-0.25, -0.2) is 4.39 Å². The van der Waals surface area contributed by atoms with Gasteiger partial charge in [-0.3, -0.25) is 9.74 Å². The molecule has 4 nitrogen and oxygen atoms in total. The Morgan fingerprint density at radius 3 is 2.86 bits per heavy atom. The van der Waals surface area contributed by atoms with Crippen LogP contribution in [0.2, 0.25) is 0 Å². The van der Waals surface area contributed by atoms with Crippen LogP contribution in [-0.2, 0) is 11.3 Å². The molecule has 5 heteroatoms. The van der Waals surface area contributed by atoms with Crippen molar-refractivity contribution < 1.29 is 9.23 Å². The summed E-state index contributed by atoms with van der Waals surface area (Å²) in [6, 6.07) is 7.16. The SMILES string of the molecule is Cc1ccc2c(c1)CCC(CN1CCN(OCF)CC1)N2. The molecule has 3 rings (SSSR count). The normalized spacial score (nSPS) is 23.6. The molecule has 21 heavy (non-hydrogen) atoms. The summed E-state index contributed by atoms with van der Waals surface area (Å²) in [4.78, 5) is 7.34. The third-order valence-corrected chi connectivity index (χ3v) is 4.42. The molecule has 2 aliphatic heterocycles. The Hall–Kier alpha value is -1.17. The van der Waals surface area contributed by atoms with Crippen LogP contribution in [0.25, 0.3) is 0 Å². The first kappa shape index (κ1) is 14.8. The number of hydrogen-bond donors (Lipinski definition) is 1. The minimum Gasteiger partial charge on any atom is -0.381 e. The highest BCUT2D eigenvalue weighted by Gasteiger charge is 2.23. The van der Waals surface area contributed by atoms with E-state index in [1.54, 1.807) is 5.06 Å². The maximum absolute atomic E-state index is 12.1. The smallest absolute Gasteiger partial charge is 0.208 e. The summed E-state index contributed by atoms with van der Waals surface area (Å²) < 4.78 is 12.1. The lowest BCUT2D eigenvalue weighted by atomic mass is 9.96. The summed E-state index contributed by atoms with van der Waals surface area (Å²) in [5, 5.41) is 5.39. The number of alkyl halides is 1. The molecule has 0 radical (unpaired) electrons. The van der Waals surface area contributed by atoms with Crippen molar-refractivity contribution >= 4 is 5.69 Å². The summed E-state index contributed by atoms with van der Waals surface area (Å²) >= 11 is 0. The Bertz CT molecular complexity index is 475. The second-order valence-corrected chi connectivity index (χ2v) is 6.01. The molecule has 1 unspecified atom stereocenters. The van der Waals surface area contributed by atoms with Crippen molar-refractivity contribution in [3.8, 4) is 0 Å². The van der Waals surface area contributed by atoms with Gasteiger partial charge >= 0.3 is 0 Å². The maximum Gasteiger partial charge on any atom is 0.208 e. The monoisotopic (exact) mass is 293 g/mol. The molecule has 1 aromatic carbocycles. The van der Waals surface area contributed by atoms with Crippen LogP contribution in [0, 0.1) is 6.92 Å². The Morgan fingerprint density at radius 1 is 1.29 bits per heavy atom. The number of aryl methyl sites for hydroxylation is 2. The number of benzene rings is 1. The van der Waals surface area contributed by atoms with Crippen molar-refractivity contribution in [3.63, 3.8) is 0 Å². The number of hydroxylamine groups is 2. The number of hydrogen-bond acceptors (Lipinski definition) is 4. The van der Waals surface area contributed by atoms with Gasteiger partial charge in [0.2, 0.25) is 6.86 Å². The van der Waals surface area contributed by atoms with Gasteiger partial charge in [0, 0.05) is 44.5 Å². The van der Waals surface area contributed by atoms with Crippen LogP contribution in [0.1, 0.15) is 17.5 Å². The Kier molecular flexibility index (Phi) is 4.73. The number of rotatable bonds is 4. The first-order chi connectivity index (χ1) is 10.2. The van der Waals surface area contributed by atoms with E-state index < -0.39 is 6.86 Å². The second-order valence-electron chi connectivity index (χ2n) is 6.01. The molecule has 0 saturated carbocycles. The van der Waals surface area contributed by atoms with Gasteiger partial charge in [0.1, 0.15) is 0 Å². The molecule has 1 N–H and O–H groups in total. The van der Waals surface area contributed by atoms with Crippen molar-refractivity contribution in [3.05, 3.63) is 29.3 Å². The summed E-state index contributed by atoms with van der Waals surface area (Å²) in [5.74, 6) is 0. The lowest BCUT2D eigenvalue weighted by molar-refractivity contribution is -0.202. The molecule has 0 bridgehead atoms. The summed E-state index contributed by atoms with van der Waals surface area (Å²) in [5.41, 5.74) is 4.06. The first-order valence-electron chi connectivity index (χ1n) is 7.77. The molecule has 2 aliphatic rings. The highest BCUT2D eigenvalue weighted by atomic mass is 19.1. The zero-order valence-electron chi connectivity index (χ0n) is 12.6. The van der Waals surface area contributed by atoms with E-state index in [2.05, 4.69) is 35.3 Å². The minimum atomic E-state index is -0.722. The Morgan fingerprint density at radius 2 is 2.10 bits per heavy atom. The fourth-order valence-electron chi connectivity index (χ4n) is 3.25. The number of anilines is 1. The third kappa shape index (κ3) is 3.73. The van der Waals surface area contributed by atoms with Crippen LogP contribution in [0.4, 0.5) is 10.1 Å². The topological polar surface area (TPSA) is 27.7 Å². The van der Waals surface area contributed by atoms with E-state index in [1.807, 2.05) is 0 Å². The molecule has 116 valence electrons. The van der Waals surface area contributed by atoms with Crippen molar-refractivity contribution in [1.82, 2.24) is 9.96 Å². The molecular formula is C16H24FN3O. The molecule has 0 spiro atoms. The van der Waals surface area contributed by atoms with Crippen LogP contribution in [0.5, 0.6) is 0 Å². The van der Waals surface area contributed by atoms with E-state index in [9.17, 15) is 4.39 Å². The number of piperazine rings is 1. The van der Waals surface area contributed by atoms with E-state index in [0.717, 1.165) is 39.1 Å². The van der Waals surface area contributed by atoms with E-state index in [1.165, 1.54) is 23.2 Å². The first-order valence-corrected chi connectivity index (χ1v) is 7.77. The average Bonchev–Trinajstić information content (AvgIpc) is 2.50. The zero-order valence-corrected chi connectivity index (χ0v) is 12.6. The summed E-state index contributed by atoms with van der Waals surface area (Å²) in [7, 11) is 0. The quantitative estimate of drug-likeness (QED) is 0.921. The molecule has 0 aliphatic carbocycles. The van der Waals surface area contributed by atoms with Gasteiger partial charge in [-0.2, -0.15) is 5.06 Å². The van der Waals surface area contributed by atoms with E-state index in [4.69, 9.17) is 4.84 Å². The van der Waals surface area contributed by atoms with E-state index in [0.29, 0.717) is 6.04 Å².